The number of rotatable bonds is 17. The van der Waals surface area contributed by atoms with Crippen molar-refractivity contribution in [2.45, 2.75) is 58.5 Å². The molecule has 0 spiro atoms. The minimum absolute atomic E-state index is 0.0385. The Balaban J connectivity index is 1.42. The summed E-state index contributed by atoms with van der Waals surface area (Å²) in [5.41, 5.74) is 1.25. The maximum Gasteiger partial charge on any atom is 0.343 e. The zero-order chi connectivity index (χ0) is 33.7. The van der Waals surface area contributed by atoms with Crippen LogP contribution in [0.5, 0.6) is 5.75 Å². The summed E-state index contributed by atoms with van der Waals surface area (Å²) in [6.45, 7) is 10.3. The summed E-state index contributed by atoms with van der Waals surface area (Å²) in [6.07, 6.45) is 0.0385. The van der Waals surface area contributed by atoms with Crippen LogP contribution in [0.25, 0.3) is 22.3 Å². The molecule has 4 heterocycles. The van der Waals surface area contributed by atoms with E-state index in [4.69, 9.17) is 33.4 Å². The summed E-state index contributed by atoms with van der Waals surface area (Å²) >= 11 is 0. The summed E-state index contributed by atoms with van der Waals surface area (Å²) < 4.78 is 48.9. The van der Waals surface area contributed by atoms with Crippen LogP contribution in [0.1, 0.15) is 49.4 Å². The maximum absolute atomic E-state index is 15.0. The van der Waals surface area contributed by atoms with Crippen molar-refractivity contribution in [3.05, 3.63) is 56.6 Å². The Labute approximate surface area is 273 Å². The third-order valence-corrected chi connectivity index (χ3v) is 8.87. The first kappa shape index (κ1) is 34.9. The lowest BCUT2D eigenvalue weighted by atomic mass is 9.86. The molecule has 47 heavy (non-hydrogen) atoms. The lowest BCUT2D eigenvalue weighted by Crippen LogP contribution is -2.44. The molecule has 1 aromatic carbocycles. The van der Waals surface area contributed by atoms with Crippen molar-refractivity contribution >= 4 is 16.9 Å². The standard InChI is InChI=1S/C34H44FN3O9/c1-6-34(41)26-16-29-31-24(19-38(29)32(39)25(26)20-47-33(34)40)23(22-15-30(43-5)27(35)17-28(22)36-31)18-37(21(2)3)7-8-44-11-12-46-14-13-45-10-9-42-4/h15-17,21,41H,6-14,18-20H2,1-5H3/t34-/m0/s1. The Bertz CT molecular complexity index is 1660. The number of nitrogens with zero attached hydrogens (tertiary/aromatic N) is 3. The van der Waals surface area contributed by atoms with Gasteiger partial charge in [-0.25, -0.2) is 14.2 Å². The number of methoxy groups -OCH3 is 2. The van der Waals surface area contributed by atoms with Crippen molar-refractivity contribution in [1.29, 1.82) is 0 Å². The number of hydrogen-bond donors (Lipinski definition) is 1. The molecule has 0 fully saturated rings. The first-order chi connectivity index (χ1) is 22.6. The number of pyridine rings is 2. The van der Waals surface area contributed by atoms with Gasteiger partial charge in [-0.2, -0.15) is 0 Å². The average molecular weight is 658 g/mol. The Kier molecular flexibility index (Phi) is 11.3. The van der Waals surface area contributed by atoms with Gasteiger partial charge in [-0.05, 0) is 38.0 Å². The molecule has 13 heteroatoms. The molecule has 0 unspecified atom stereocenters. The Morgan fingerprint density at radius 2 is 1.70 bits per heavy atom. The first-order valence-electron chi connectivity index (χ1n) is 16.0. The van der Waals surface area contributed by atoms with Crippen LogP contribution in [0, 0.1) is 5.82 Å². The quantitative estimate of drug-likeness (QED) is 0.133. The second-order valence-electron chi connectivity index (χ2n) is 11.9. The van der Waals surface area contributed by atoms with Crippen LogP contribution in [0.2, 0.25) is 0 Å². The van der Waals surface area contributed by atoms with Crippen LogP contribution < -0.4 is 10.3 Å². The smallest absolute Gasteiger partial charge is 0.343 e. The van der Waals surface area contributed by atoms with E-state index in [9.17, 15) is 14.7 Å². The Hall–Kier alpha value is -3.46. The first-order valence-corrected chi connectivity index (χ1v) is 16.0. The van der Waals surface area contributed by atoms with Crippen molar-refractivity contribution < 1.29 is 42.7 Å². The molecular formula is C34H44FN3O9. The van der Waals surface area contributed by atoms with Crippen molar-refractivity contribution in [2.24, 2.45) is 0 Å². The number of cyclic esters (lactones) is 1. The summed E-state index contributed by atoms with van der Waals surface area (Å²) in [6, 6.07) is 4.78. The molecule has 5 rings (SSSR count). The number of carbonyl (C=O) groups excluding carboxylic acids is 1. The van der Waals surface area contributed by atoms with E-state index in [0.29, 0.717) is 81.6 Å². The fourth-order valence-corrected chi connectivity index (χ4v) is 6.09. The van der Waals surface area contributed by atoms with Gasteiger partial charge in [0.2, 0.25) is 0 Å². The normalized spacial score (nSPS) is 16.9. The largest absolute Gasteiger partial charge is 0.494 e. The molecule has 0 aliphatic carbocycles. The number of aliphatic hydroxyl groups is 1. The minimum atomic E-state index is -1.94. The van der Waals surface area contributed by atoms with E-state index in [1.807, 2.05) is 0 Å². The van der Waals surface area contributed by atoms with E-state index in [-0.39, 0.29) is 48.0 Å². The molecule has 1 N–H and O–H groups in total. The zero-order valence-corrected chi connectivity index (χ0v) is 27.7. The highest BCUT2D eigenvalue weighted by molar-refractivity contribution is 5.90. The highest BCUT2D eigenvalue weighted by atomic mass is 19.1. The second kappa shape index (κ2) is 15.2. The van der Waals surface area contributed by atoms with Crippen LogP contribution in [-0.4, -0.2) is 98.6 Å². The van der Waals surface area contributed by atoms with Gasteiger partial charge >= 0.3 is 5.97 Å². The average Bonchev–Trinajstić information content (AvgIpc) is 3.42. The van der Waals surface area contributed by atoms with Crippen molar-refractivity contribution in [1.82, 2.24) is 14.5 Å². The molecule has 2 aliphatic heterocycles. The topological polar surface area (TPSA) is 131 Å². The lowest BCUT2D eigenvalue weighted by molar-refractivity contribution is -0.172. The molecular weight excluding hydrogens is 613 g/mol. The molecule has 0 bridgehead atoms. The highest BCUT2D eigenvalue weighted by Crippen LogP contribution is 2.41. The van der Waals surface area contributed by atoms with Gasteiger partial charge in [0, 0.05) is 48.8 Å². The number of hydrogen-bond acceptors (Lipinski definition) is 11. The Morgan fingerprint density at radius 1 is 1.02 bits per heavy atom. The van der Waals surface area contributed by atoms with E-state index in [1.54, 1.807) is 30.7 Å². The molecule has 2 aliphatic rings. The van der Waals surface area contributed by atoms with Crippen molar-refractivity contribution in [3.8, 4) is 17.1 Å². The number of ether oxygens (including phenoxy) is 6. The molecule has 0 amide bonds. The summed E-state index contributed by atoms with van der Waals surface area (Å²) in [5.74, 6) is -1.25. The lowest BCUT2D eigenvalue weighted by Gasteiger charge is -2.31. The van der Waals surface area contributed by atoms with Gasteiger partial charge in [0.25, 0.3) is 5.56 Å². The fourth-order valence-electron chi connectivity index (χ4n) is 6.09. The SMILES string of the molecule is CC[C@@]1(O)C(=O)OCc2c1cc1n(c2=O)Cc2c-1nc1cc(F)c(OC)cc1c2CN(CCOCCOCCOCCOC)C(C)C. The van der Waals surface area contributed by atoms with Gasteiger partial charge in [0.1, 0.15) is 6.61 Å². The van der Waals surface area contributed by atoms with Crippen LogP contribution in [0.4, 0.5) is 4.39 Å². The number of benzene rings is 1. The van der Waals surface area contributed by atoms with Gasteiger partial charge in [0.05, 0.1) is 82.4 Å². The summed E-state index contributed by atoms with van der Waals surface area (Å²) in [7, 11) is 3.04. The van der Waals surface area contributed by atoms with Gasteiger partial charge in [0.15, 0.2) is 17.2 Å². The van der Waals surface area contributed by atoms with Crippen LogP contribution >= 0.6 is 0 Å². The summed E-state index contributed by atoms with van der Waals surface area (Å²) in [5, 5.41) is 12.0. The molecule has 3 aromatic rings. The molecule has 0 radical (unpaired) electrons. The van der Waals surface area contributed by atoms with E-state index in [1.165, 1.54) is 13.2 Å². The van der Waals surface area contributed by atoms with E-state index >= 15 is 4.39 Å². The van der Waals surface area contributed by atoms with Gasteiger partial charge in [-0.1, -0.05) is 6.92 Å². The predicted molar refractivity (Wildman–Crippen MR) is 171 cm³/mol. The fraction of sp³-hybridized carbons (Fsp3) is 0.559. The van der Waals surface area contributed by atoms with Gasteiger partial charge in [-0.3, -0.25) is 9.69 Å². The molecule has 0 saturated carbocycles. The number of fused-ring (bicyclic) bond motifs is 5. The van der Waals surface area contributed by atoms with Crippen LogP contribution in [0.15, 0.2) is 23.0 Å². The number of aromatic nitrogens is 2. The van der Waals surface area contributed by atoms with Crippen LogP contribution in [0.3, 0.4) is 0 Å². The molecule has 0 saturated heterocycles. The van der Waals surface area contributed by atoms with Crippen molar-refractivity contribution in [3.63, 3.8) is 0 Å². The molecule has 2 aromatic heterocycles. The number of halogens is 1. The second-order valence-corrected chi connectivity index (χ2v) is 11.9. The third kappa shape index (κ3) is 7.06. The van der Waals surface area contributed by atoms with Crippen molar-refractivity contribution in [2.75, 3.05) is 67.0 Å². The van der Waals surface area contributed by atoms with E-state index in [2.05, 4.69) is 18.7 Å². The summed E-state index contributed by atoms with van der Waals surface area (Å²) in [4.78, 5) is 33.5. The maximum atomic E-state index is 15.0. The zero-order valence-electron chi connectivity index (χ0n) is 27.7. The number of esters is 1. The van der Waals surface area contributed by atoms with E-state index in [0.717, 1.165) is 11.1 Å². The molecule has 1 atom stereocenters. The van der Waals surface area contributed by atoms with Crippen LogP contribution in [-0.2, 0) is 53.8 Å². The van der Waals surface area contributed by atoms with Gasteiger partial charge in [-0.15, -0.1) is 0 Å². The van der Waals surface area contributed by atoms with E-state index < -0.39 is 17.4 Å². The molecule has 12 nitrogen and oxygen atoms in total. The third-order valence-electron chi connectivity index (χ3n) is 8.87. The number of carbonyl (C=O) groups is 1. The predicted octanol–water partition coefficient (Wildman–Crippen LogP) is 3.13. The Morgan fingerprint density at radius 3 is 2.34 bits per heavy atom. The molecule has 256 valence electrons. The highest BCUT2D eigenvalue weighted by Gasteiger charge is 2.45. The minimum Gasteiger partial charge on any atom is -0.494 e. The van der Waals surface area contributed by atoms with Gasteiger partial charge < -0.3 is 38.1 Å². The monoisotopic (exact) mass is 657 g/mol.